The minimum absolute atomic E-state index is 0.541. The summed E-state index contributed by atoms with van der Waals surface area (Å²) in [6.45, 7) is 0.693. The maximum absolute atomic E-state index is 12.3. The molecule has 0 aliphatic heterocycles. The summed E-state index contributed by atoms with van der Waals surface area (Å²) in [5.74, 6) is 4.43. The lowest BCUT2D eigenvalue weighted by molar-refractivity contribution is 0.0252. The molecule has 0 aromatic heterocycles. The Morgan fingerprint density at radius 2 is 1.56 bits per heavy atom. The van der Waals surface area contributed by atoms with Crippen molar-refractivity contribution in [1.29, 1.82) is 0 Å². The highest BCUT2D eigenvalue weighted by molar-refractivity contribution is 7.85. The molecule has 2 nitrogen and oxygen atoms in total. The van der Waals surface area contributed by atoms with Crippen molar-refractivity contribution in [3.63, 3.8) is 0 Å². The largest absolute Gasteiger partial charge is 0.330 e. The lowest BCUT2D eigenvalue weighted by atomic mass is 9.56. The first-order chi connectivity index (χ1) is 7.78. The molecule has 92 valence electrons. The quantitative estimate of drug-likeness (QED) is 0.817. The van der Waals surface area contributed by atoms with Gasteiger partial charge in [0.05, 0.1) is 0 Å². The highest BCUT2D eigenvalue weighted by atomic mass is 32.2. The van der Waals surface area contributed by atoms with Crippen LogP contribution < -0.4 is 5.73 Å². The molecular weight excluding hydrogens is 218 g/mol. The van der Waals surface area contributed by atoms with Gasteiger partial charge < -0.3 is 5.73 Å². The monoisotopic (exact) mass is 241 g/mol. The lowest BCUT2D eigenvalue weighted by Gasteiger charge is -2.53. The second-order valence-electron chi connectivity index (χ2n) is 6.12. The molecule has 4 bridgehead atoms. The molecule has 2 N–H and O–H groups in total. The van der Waals surface area contributed by atoms with E-state index in [4.69, 9.17) is 5.73 Å². The smallest absolute Gasteiger partial charge is 0.0404 e. The fourth-order valence-corrected chi connectivity index (χ4v) is 6.69. The van der Waals surface area contributed by atoms with Crippen molar-refractivity contribution in [2.45, 2.75) is 43.8 Å². The van der Waals surface area contributed by atoms with E-state index in [0.29, 0.717) is 11.8 Å². The van der Waals surface area contributed by atoms with Crippen LogP contribution in [-0.2, 0) is 10.8 Å². The molecule has 1 unspecified atom stereocenters. The van der Waals surface area contributed by atoms with E-state index in [1.54, 1.807) is 0 Å². The standard InChI is InChI=1S/C13H23NOS/c14-2-1-3-16(15)13-11-5-9-4-10(7-11)8-12(13)6-9/h9-13H,1-8,14H2. The van der Waals surface area contributed by atoms with E-state index in [9.17, 15) is 4.21 Å². The second kappa shape index (κ2) is 4.41. The van der Waals surface area contributed by atoms with Gasteiger partial charge in [0.1, 0.15) is 0 Å². The van der Waals surface area contributed by atoms with E-state index in [2.05, 4.69) is 0 Å². The molecule has 0 amide bonds. The SMILES string of the molecule is NCCCS(=O)C1C2CC3CC(C2)CC1C3. The third kappa shape index (κ3) is 1.86. The van der Waals surface area contributed by atoms with Gasteiger partial charge in [0.15, 0.2) is 0 Å². The molecule has 3 heteroatoms. The van der Waals surface area contributed by atoms with Gasteiger partial charge in [-0.3, -0.25) is 4.21 Å². The van der Waals surface area contributed by atoms with Gasteiger partial charge >= 0.3 is 0 Å². The molecule has 4 aliphatic rings. The highest BCUT2D eigenvalue weighted by Crippen LogP contribution is 2.55. The molecule has 0 spiro atoms. The number of rotatable bonds is 4. The normalized spacial score (nSPS) is 47.2. The maximum atomic E-state index is 12.3. The van der Waals surface area contributed by atoms with Crippen molar-refractivity contribution in [2.24, 2.45) is 29.4 Å². The van der Waals surface area contributed by atoms with Crippen LogP contribution in [-0.4, -0.2) is 21.8 Å². The van der Waals surface area contributed by atoms with Gasteiger partial charge in [0.25, 0.3) is 0 Å². The van der Waals surface area contributed by atoms with Crippen LogP contribution in [0.5, 0.6) is 0 Å². The van der Waals surface area contributed by atoms with Crippen LogP contribution >= 0.6 is 0 Å². The van der Waals surface area contributed by atoms with Gasteiger partial charge in [-0.25, -0.2) is 0 Å². The van der Waals surface area contributed by atoms with Crippen molar-refractivity contribution in [3.05, 3.63) is 0 Å². The number of hydrogen-bond donors (Lipinski definition) is 1. The minimum Gasteiger partial charge on any atom is -0.330 e. The predicted molar refractivity (Wildman–Crippen MR) is 67.5 cm³/mol. The summed E-state index contributed by atoms with van der Waals surface area (Å²) >= 11 is 0. The van der Waals surface area contributed by atoms with Crippen molar-refractivity contribution >= 4 is 10.8 Å². The van der Waals surface area contributed by atoms with Crippen LogP contribution in [0.1, 0.15) is 38.5 Å². The molecule has 4 rings (SSSR count). The van der Waals surface area contributed by atoms with Gasteiger partial charge in [-0.2, -0.15) is 0 Å². The average Bonchev–Trinajstić information content (AvgIpc) is 2.24. The van der Waals surface area contributed by atoms with E-state index in [0.717, 1.165) is 35.8 Å². The number of hydrogen-bond acceptors (Lipinski definition) is 2. The van der Waals surface area contributed by atoms with Gasteiger partial charge in [0, 0.05) is 21.8 Å². The van der Waals surface area contributed by atoms with Crippen molar-refractivity contribution in [3.8, 4) is 0 Å². The zero-order valence-corrected chi connectivity index (χ0v) is 10.8. The Balaban J connectivity index is 1.69. The summed E-state index contributed by atoms with van der Waals surface area (Å²) in [4.78, 5) is 0. The number of nitrogens with two attached hydrogens (primary N) is 1. The Kier molecular flexibility index (Phi) is 3.09. The van der Waals surface area contributed by atoms with Gasteiger partial charge in [-0.1, -0.05) is 0 Å². The molecule has 0 saturated heterocycles. The van der Waals surface area contributed by atoms with Crippen molar-refractivity contribution < 1.29 is 4.21 Å². The first-order valence-electron chi connectivity index (χ1n) is 6.85. The average molecular weight is 241 g/mol. The van der Waals surface area contributed by atoms with E-state index < -0.39 is 10.8 Å². The van der Waals surface area contributed by atoms with Crippen LogP contribution in [0.3, 0.4) is 0 Å². The van der Waals surface area contributed by atoms with E-state index in [1.165, 1.54) is 32.1 Å². The van der Waals surface area contributed by atoms with Crippen LogP contribution in [0.25, 0.3) is 0 Å². The van der Waals surface area contributed by atoms with Gasteiger partial charge in [0.2, 0.25) is 0 Å². The van der Waals surface area contributed by atoms with E-state index in [1.807, 2.05) is 0 Å². The summed E-state index contributed by atoms with van der Waals surface area (Å²) in [6, 6.07) is 0. The Morgan fingerprint density at radius 1 is 1.00 bits per heavy atom. The summed E-state index contributed by atoms with van der Waals surface area (Å²) in [6.07, 6.45) is 7.95. The Hall–Kier alpha value is 0.110. The zero-order valence-electron chi connectivity index (χ0n) is 9.94. The van der Waals surface area contributed by atoms with Crippen LogP contribution in [0.4, 0.5) is 0 Å². The third-order valence-electron chi connectivity index (χ3n) is 4.99. The first kappa shape index (κ1) is 11.2. The fraction of sp³-hybridized carbons (Fsp3) is 1.00. The maximum Gasteiger partial charge on any atom is 0.0404 e. The lowest BCUT2D eigenvalue weighted by Crippen LogP contribution is -2.50. The predicted octanol–water partition coefficient (Wildman–Crippen LogP) is 1.91. The van der Waals surface area contributed by atoms with Crippen LogP contribution in [0.15, 0.2) is 0 Å². The van der Waals surface area contributed by atoms with E-state index >= 15 is 0 Å². The summed E-state index contributed by atoms with van der Waals surface area (Å²) < 4.78 is 12.3. The summed E-state index contributed by atoms with van der Waals surface area (Å²) in [5, 5.41) is 0.541. The highest BCUT2D eigenvalue weighted by Gasteiger charge is 2.49. The fourth-order valence-electron chi connectivity index (χ4n) is 4.67. The Labute approximate surface area is 101 Å². The summed E-state index contributed by atoms with van der Waals surface area (Å²) in [7, 11) is -0.590. The molecule has 0 heterocycles. The molecule has 1 atom stereocenters. The van der Waals surface area contributed by atoms with Gasteiger partial charge in [-0.15, -0.1) is 0 Å². The molecule has 0 radical (unpaired) electrons. The molecule has 0 aromatic carbocycles. The topological polar surface area (TPSA) is 43.1 Å². The first-order valence-corrected chi connectivity index (χ1v) is 8.23. The van der Waals surface area contributed by atoms with E-state index in [-0.39, 0.29) is 0 Å². The molecule has 0 aromatic rings. The van der Waals surface area contributed by atoms with Crippen LogP contribution in [0.2, 0.25) is 0 Å². The molecule has 4 saturated carbocycles. The third-order valence-corrected chi connectivity index (χ3v) is 7.06. The van der Waals surface area contributed by atoms with Crippen molar-refractivity contribution in [1.82, 2.24) is 0 Å². The Morgan fingerprint density at radius 3 is 2.06 bits per heavy atom. The van der Waals surface area contributed by atoms with Gasteiger partial charge in [-0.05, 0) is 68.7 Å². The second-order valence-corrected chi connectivity index (χ2v) is 7.84. The summed E-state index contributed by atoms with van der Waals surface area (Å²) in [5.41, 5.74) is 5.52. The molecule has 4 fully saturated rings. The molecule has 16 heavy (non-hydrogen) atoms. The molecule has 4 aliphatic carbocycles. The zero-order chi connectivity index (χ0) is 11.1. The molecular formula is C13H23NOS. The van der Waals surface area contributed by atoms with Crippen molar-refractivity contribution in [2.75, 3.05) is 12.3 Å². The van der Waals surface area contributed by atoms with Crippen LogP contribution in [0, 0.1) is 23.7 Å². The minimum atomic E-state index is -0.590. The Bertz CT molecular complexity index is 264.